The van der Waals surface area contributed by atoms with E-state index in [1.54, 1.807) is 24.3 Å². The molecule has 2 aromatic rings. The van der Waals surface area contributed by atoms with E-state index >= 15 is 0 Å². The van der Waals surface area contributed by atoms with E-state index in [1.807, 2.05) is 0 Å². The maximum Gasteiger partial charge on any atom is 0.335 e. The van der Waals surface area contributed by atoms with E-state index in [1.165, 1.54) is 18.2 Å². The summed E-state index contributed by atoms with van der Waals surface area (Å²) in [5.41, 5.74) is 0.592. The molecule has 2 aromatic carbocycles. The fourth-order valence-corrected chi connectivity index (χ4v) is 2.08. The molecular formula is C15H11Cl2NO4. The van der Waals surface area contributed by atoms with Gasteiger partial charge in [-0.1, -0.05) is 29.3 Å². The Balaban J connectivity index is 1.95. The molecule has 2 N–H and O–H groups in total. The average molecular weight is 340 g/mol. The summed E-state index contributed by atoms with van der Waals surface area (Å²) in [6.07, 6.45) is 0. The second-order valence-corrected chi connectivity index (χ2v) is 5.14. The van der Waals surface area contributed by atoms with E-state index in [-0.39, 0.29) is 28.8 Å². The van der Waals surface area contributed by atoms with Crippen LogP contribution in [0.1, 0.15) is 10.4 Å². The minimum absolute atomic E-state index is 0.0423. The Morgan fingerprint density at radius 2 is 1.91 bits per heavy atom. The van der Waals surface area contributed by atoms with Crippen LogP contribution < -0.4 is 10.1 Å². The third-order valence-electron chi connectivity index (χ3n) is 2.65. The first-order valence-corrected chi connectivity index (χ1v) is 6.92. The molecule has 0 unspecified atom stereocenters. The van der Waals surface area contributed by atoms with Gasteiger partial charge in [0.2, 0.25) is 0 Å². The largest absolute Gasteiger partial charge is 0.482 e. The van der Waals surface area contributed by atoms with Crippen LogP contribution in [0.4, 0.5) is 5.69 Å². The molecule has 0 aliphatic carbocycles. The second-order valence-electron chi connectivity index (χ2n) is 4.30. The number of nitrogens with one attached hydrogen (secondary N) is 1. The van der Waals surface area contributed by atoms with Gasteiger partial charge < -0.3 is 15.2 Å². The molecule has 0 saturated heterocycles. The first kappa shape index (κ1) is 16.1. The Kier molecular flexibility index (Phi) is 5.25. The number of rotatable bonds is 5. The minimum atomic E-state index is -1.09. The molecule has 22 heavy (non-hydrogen) atoms. The number of carbonyl (C=O) groups excluding carboxylic acids is 1. The molecule has 0 spiro atoms. The van der Waals surface area contributed by atoms with Gasteiger partial charge in [-0.3, -0.25) is 4.79 Å². The molecule has 0 heterocycles. The average Bonchev–Trinajstić information content (AvgIpc) is 2.45. The van der Waals surface area contributed by atoms with Crippen molar-refractivity contribution >= 4 is 40.8 Å². The number of benzene rings is 2. The van der Waals surface area contributed by atoms with Crippen LogP contribution in [0.25, 0.3) is 0 Å². The van der Waals surface area contributed by atoms with Crippen LogP contribution >= 0.6 is 23.2 Å². The van der Waals surface area contributed by atoms with Crippen molar-refractivity contribution in [3.63, 3.8) is 0 Å². The number of anilines is 1. The Labute approximate surface area is 136 Å². The summed E-state index contributed by atoms with van der Waals surface area (Å²) in [6, 6.07) is 10.7. The molecule has 0 aromatic heterocycles. The molecule has 0 saturated carbocycles. The third kappa shape index (κ3) is 4.38. The van der Waals surface area contributed by atoms with Gasteiger partial charge in [0.05, 0.1) is 10.6 Å². The normalized spacial score (nSPS) is 10.1. The topological polar surface area (TPSA) is 75.6 Å². The Morgan fingerprint density at radius 1 is 1.14 bits per heavy atom. The Morgan fingerprint density at radius 3 is 2.55 bits per heavy atom. The number of carboxylic acid groups (broad SMARTS) is 1. The molecule has 0 aliphatic rings. The molecule has 2 rings (SSSR count). The molecule has 114 valence electrons. The lowest BCUT2D eigenvalue weighted by Gasteiger charge is -2.09. The summed E-state index contributed by atoms with van der Waals surface area (Å²) >= 11 is 11.7. The van der Waals surface area contributed by atoms with Gasteiger partial charge in [-0.15, -0.1) is 0 Å². The lowest BCUT2D eigenvalue weighted by atomic mass is 10.2. The zero-order valence-electron chi connectivity index (χ0n) is 11.2. The highest BCUT2D eigenvalue weighted by Crippen LogP contribution is 2.25. The van der Waals surface area contributed by atoms with Crippen LogP contribution in [0.3, 0.4) is 0 Å². The highest BCUT2D eigenvalue weighted by molar-refractivity contribution is 6.32. The quantitative estimate of drug-likeness (QED) is 0.870. The molecule has 0 atom stereocenters. The summed E-state index contributed by atoms with van der Waals surface area (Å²) in [7, 11) is 0. The van der Waals surface area contributed by atoms with Crippen molar-refractivity contribution in [1.82, 2.24) is 0 Å². The number of hydrogen-bond donors (Lipinski definition) is 2. The fraction of sp³-hybridized carbons (Fsp3) is 0.0667. The first-order valence-electron chi connectivity index (χ1n) is 6.17. The van der Waals surface area contributed by atoms with Gasteiger partial charge in [0.1, 0.15) is 5.75 Å². The van der Waals surface area contributed by atoms with Crippen molar-refractivity contribution in [3.05, 3.63) is 58.1 Å². The van der Waals surface area contributed by atoms with Crippen LogP contribution in [0.2, 0.25) is 10.0 Å². The lowest BCUT2D eigenvalue weighted by molar-refractivity contribution is -0.118. The fourth-order valence-electron chi connectivity index (χ4n) is 1.66. The summed E-state index contributed by atoms with van der Waals surface area (Å²) < 4.78 is 5.27. The number of hydrogen-bond acceptors (Lipinski definition) is 3. The summed E-state index contributed by atoms with van der Waals surface area (Å²) in [4.78, 5) is 22.6. The third-order valence-corrected chi connectivity index (χ3v) is 3.18. The maximum atomic E-state index is 11.8. The smallest absolute Gasteiger partial charge is 0.335 e. The molecule has 7 heteroatoms. The number of ether oxygens (including phenoxy) is 1. The van der Waals surface area contributed by atoms with Crippen molar-refractivity contribution in [2.24, 2.45) is 0 Å². The number of aromatic carboxylic acids is 1. The SMILES string of the molecule is O=C(COc1ccc(C(=O)O)cc1Cl)Nc1cccc(Cl)c1. The van der Waals surface area contributed by atoms with Gasteiger partial charge in [0.25, 0.3) is 5.91 Å². The molecule has 5 nitrogen and oxygen atoms in total. The van der Waals surface area contributed by atoms with Gasteiger partial charge >= 0.3 is 5.97 Å². The summed E-state index contributed by atoms with van der Waals surface area (Å²) in [5.74, 6) is -1.25. The van der Waals surface area contributed by atoms with Crippen molar-refractivity contribution in [3.8, 4) is 5.75 Å². The zero-order valence-corrected chi connectivity index (χ0v) is 12.7. The second kappa shape index (κ2) is 7.15. The number of carboxylic acids is 1. The van der Waals surface area contributed by atoms with Gasteiger partial charge in [-0.05, 0) is 36.4 Å². The standard InChI is InChI=1S/C15H11Cl2NO4/c16-10-2-1-3-11(7-10)18-14(19)8-22-13-5-4-9(15(20)21)6-12(13)17/h1-7H,8H2,(H,18,19)(H,20,21). The minimum Gasteiger partial charge on any atom is -0.482 e. The van der Waals surface area contributed by atoms with Crippen LogP contribution in [-0.2, 0) is 4.79 Å². The highest BCUT2D eigenvalue weighted by atomic mass is 35.5. The number of amides is 1. The molecule has 0 fully saturated rings. The zero-order chi connectivity index (χ0) is 16.1. The molecular weight excluding hydrogens is 329 g/mol. The van der Waals surface area contributed by atoms with Gasteiger partial charge in [0.15, 0.2) is 6.61 Å². The monoisotopic (exact) mass is 339 g/mol. The van der Waals surface area contributed by atoms with Gasteiger partial charge in [-0.2, -0.15) is 0 Å². The summed E-state index contributed by atoms with van der Waals surface area (Å²) in [5, 5.41) is 12.1. The number of carbonyl (C=O) groups is 2. The van der Waals surface area contributed by atoms with E-state index in [2.05, 4.69) is 5.32 Å². The Bertz CT molecular complexity index is 718. The van der Waals surface area contributed by atoms with E-state index in [4.69, 9.17) is 33.0 Å². The maximum absolute atomic E-state index is 11.8. The predicted octanol–water partition coefficient (Wildman–Crippen LogP) is 3.71. The molecule has 0 aliphatic heterocycles. The molecule has 0 bridgehead atoms. The van der Waals surface area contributed by atoms with Crippen molar-refractivity contribution in [2.45, 2.75) is 0 Å². The van der Waals surface area contributed by atoms with Crippen LogP contribution in [0.15, 0.2) is 42.5 Å². The predicted molar refractivity (Wildman–Crippen MR) is 84.0 cm³/mol. The van der Waals surface area contributed by atoms with Crippen molar-refractivity contribution in [1.29, 1.82) is 0 Å². The Hall–Kier alpha value is -2.24. The first-order chi connectivity index (χ1) is 10.5. The van der Waals surface area contributed by atoms with Crippen LogP contribution in [0, 0.1) is 0 Å². The van der Waals surface area contributed by atoms with Crippen molar-refractivity contribution in [2.75, 3.05) is 11.9 Å². The highest BCUT2D eigenvalue weighted by Gasteiger charge is 2.10. The number of halogens is 2. The van der Waals surface area contributed by atoms with E-state index in [9.17, 15) is 9.59 Å². The molecule has 0 radical (unpaired) electrons. The lowest BCUT2D eigenvalue weighted by Crippen LogP contribution is -2.20. The molecule has 1 amide bonds. The van der Waals surface area contributed by atoms with Gasteiger partial charge in [0, 0.05) is 10.7 Å². The van der Waals surface area contributed by atoms with Crippen molar-refractivity contribution < 1.29 is 19.4 Å². The van der Waals surface area contributed by atoms with E-state index in [0.29, 0.717) is 10.7 Å². The van der Waals surface area contributed by atoms with Crippen LogP contribution in [-0.4, -0.2) is 23.6 Å². The summed E-state index contributed by atoms with van der Waals surface area (Å²) in [6.45, 7) is -0.265. The van der Waals surface area contributed by atoms with E-state index in [0.717, 1.165) is 0 Å². The van der Waals surface area contributed by atoms with Gasteiger partial charge in [-0.25, -0.2) is 4.79 Å². The van der Waals surface area contributed by atoms with Crippen LogP contribution in [0.5, 0.6) is 5.75 Å². The van der Waals surface area contributed by atoms with E-state index < -0.39 is 5.97 Å².